The number of hydrogen-bond acceptors (Lipinski definition) is 8. The zero-order valence-electron chi connectivity index (χ0n) is 24.4. The first kappa shape index (κ1) is 33.3. The third kappa shape index (κ3) is 8.96. The van der Waals surface area contributed by atoms with Crippen molar-refractivity contribution >= 4 is 22.3 Å². The summed E-state index contributed by atoms with van der Waals surface area (Å²) in [6.45, 7) is 3.31. The van der Waals surface area contributed by atoms with E-state index in [0.29, 0.717) is 56.2 Å². The summed E-state index contributed by atoms with van der Waals surface area (Å²) in [6.07, 6.45) is 3.53. The molecule has 4 fully saturated rings. The molecule has 44 heavy (non-hydrogen) atoms. The van der Waals surface area contributed by atoms with Crippen LogP contribution in [0, 0.1) is 40.9 Å². The highest BCUT2D eigenvalue weighted by atomic mass is 32.2. The summed E-state index contributed by atoms with van der Waals surface area (Å²) < 4.78 is 38.2. The van der Waals surface area contributed by atoms with Gasteiger partial charge < -0.3 is 19.3 Å². The number of nitriles is 1. The van der Waals surface area contributed by atoms with Crippen LogP contribution in [0.2, 0.25) is 0 Å². The maximum absolute atomic E-state index is 12.1. The van der Waals surface area contributed by atoms with E-state index in [4.69, 9.17) is 18.9 Å². The number of fused-ring (bicyclic) bond motifs is 2. The summed E-state index contributed by atoms with van der Waals surface area (Å²) in [5, 5.41) is 8.95. The molecular weight excluding hydrogens is 582 g/mol. The van der Waals surface area contributed by atoms with E-state index in [2.05, 4.69) is 6.07 Å². The molecule has 2 aliphatic carbocycles. The van der Waals surface area contributed by atoms with Gasteiger partial charge in [0.05, 0.1) is 18.4 Å². The van der Waals surface area contributed by atoms with Crippen molar-refractivity contribution in [3.05, 3.63) is 71.8 Å². The molecule has 0 bridgehead atoms. The second-order valence-corrected chi connectivity index (χ2v) is 13.7. The van der Waals surface area contributed by atoms with Crippen LogP contribution < -0.4 is 0 Å². The van der Waals surface area contributed by atoms with Crippen molar-refractivity contribution in [3.63, 3.8) is 0 Å². The monoisotopic (exact) mass is 625 g/mol. The fourth-order valence-electron chi connectivity index (χ4n) is 6.89. The normalized spacial score (nSPS) is 26.8. The third-order valence-corrected chi connectivity index (χ3v) is 9.50. The van der Waals surface area contributed by atoms with Crippen molar-refractivity contribution < 1.29 is 31.7 Å². The van der Waals surface area contributed by atoms with Crippen LogP contribution in [0.25, 0.3) is 0 Å². The lowest BCUT2D eigenvalue weighted by Crippen LogP contribution is -2.31. The smallest absolute Gasteiger partial charge is 0.410 e. The summed E-state index contributed by atoms with van der Waals surface area (Å²) in [5.41, 5.74) is 1.96. The molecule has 2 heterocycles. The van der Waals surface area contributed by atoms with Gasteiger partial charge in [0.15, 0.2) is 0 Å². The highest BCUT2D eigenvalue weighted by Gasteiger charge is 2.44. The molecule has 0 radical (unpaired) electrons. The third-order valence-electron chi connectivity index (χ3n) is 8.88. The molecule has 4 aliphatic rings. The van der Waals surface area contributed by atoms with Gasteiger partial charge in [-0.15, -0.1) is 0 Å². The van der Waals surface area contributed by atoms with E-state index in [1.165, 1.54) is 0 Å². The maximum atomic E-state index is 12.1. The number of carbonyl (C=O) groups excluding carboxylic acids is 2. The predicted molar refractivity (Wildman–Crippen MR) is 164 cm³/mol. The lowest BCUT2D eigenvalue weighted by molar-refractivity contribution is 0.0987. The molecule has 2 unspecified atom stereocenters. The van der Waals surface area contributed by atoms with Gasteiger partial charge in [0, 0.05) is 32.1 Å². The van der Waals surface area contributed by atoms with Gasteiger partial charge in [-0.05, 0) is 60.5 Å². The molecule has 2 aliphatic heterocycles. The fourth-order valence-corrected chi connectivity index (χ4v) is 7.55. The van der Waals surface area contributed by atoms with Crippen LogP contribution in [0.3, 0.4) is 0 Å². The average molecular weight is 626 g/mol. The van der Waals surface area contributed by atoms with E-state index in [1.54, 1.807) is 9.80 Å². The quantitative estimate of drug-likeness (QED) is 0.388. The standard InChI is InChI=1S/C16H18N2O2.C16H21NO5S.CH4/c17-8-13-6-14-9-18(10-15(14)7-13)16(19)20-11-12-4-2-1-3-5-12;1-23(19,20)22-15-7-13-9-17(10-14(13)8-15)16(18)21-11-12-5-3-2-4-6-12;/h1-5,13-15H,6-7,9-11H2;2-6,13-15H,7-11H2,1H3;1H4/t13?,14-,15+;13-,14+,15?;. The van der Waals surface area contributed by atoms with Crippen LogP contribution in [-0.2, 0) is 37.0 Å². The molecule has 238 valence electrons. The van der Waals surface area contributed by atoms with E-state index in [9.17, 15) is 18.0 Å². The zero-order chi connectivity index (χ0) is 30.4. The molecule has 2 aromatic carbocycles. The topological polar surface area (TPSA) is 126 Å². The van der Waals surface area contributed by atoms with Crippen LogP contribution in [-0.4, -0.2) is 68.9 Å². The van der Waals surface area contributed by atoms with Gasteiger partial charge in [-0.2, -0.15) is 13.7 Å². The molecule has 6 rings (SSSR count). The van der Waals surface area contributed by atoms with E-state index in [0.717, 1.165) is 43.3 Å². The average Bonchev–Trinajstić information content (AvgIpc) is 3.75. The van der Waals surface area contributed by atoms with Crippen LogP contribution in [0.1, 0.15) is 44.2 Å². The Hall–Kier alpha value is -3.62. The number of amides is 2. The van der Waals surface area contributed by atoms with Gasteiger partial charge >= 0.3 is 12.2 Å². The highest BCUT2D eigenvalue weighted by Crippen LogP contribution is 2.41. The molecule has 0 N–H and O–H groups in total. The molecule has 2 amide bonds. The SMILES string of the molecule is C.CS(=O)(=O)OC1C[C@@H]2CN(C(=O)OCc3ccccc3)C[C@@H]2C1.N#CC1C[C@@H]2CN(C(=O)OCc3ccccc3)C[C@@H]2C1. The van der Waals surface area contributed by atoms with Crippen LogP contribution in [0.5, 0.6) is 0 Å². The Morgan fingerprint density at radius 2 is 1.14 bits per heavy atom. The molecule has 0 spiro atoms. The Morgan fingerprint density at radius 1 is 0.750 bits per heavy atom. The number of nitrogens with zero attached hydrogens (tertiary/aromatic N) is 3. The number of ether oxygens (including phenoxy) is 2. The van der Waals surface area contributed by atoms with Crippen molar-refractivity contribution in [1.82, 2.24) is 9.80 Å². The first-order chi connectivity index (χ1) is 20.7. The van der Waals surface area contributed by atoms with Gasteiger partial charge in [-0.3, -0.25) is 4.18 Å². The predicted octanol–water partition coefficient (Wildman–Crippen LogP) is 5.45. The summed E-state index contributed by atoms with van der Waals surface area (Å²) in [7, 11) is -3.41. The Balaban J connectivity index is 0.000000198. The van der Waals surface area contributed by atoms with E-state index in [1.807, 2.05) is 60.7 Å². The van der Waals surface area contributed by atoms with Crippen molar-refractivity contribution in [2.45, 2.75) is 52.4 Å². The number of rotatable bonds is 6. The molecule has 11 heteroatoms. The minimum atomic E-state index is -3.41. The van der Waals surface area contributed by atoms with Crippen molar-refractivity contribution in [2.24, 2.45) is 29.6 Å². The summed E-state index contributed by atoms with van der Waals surface area (Å²) in [5.74, 6) is 1.76. The number of benzene rings is 2. The van der Waals surface area contributed by atoms with Gasteiger partial charge in [0.25, 0.3) is 10.1 Å². The van der Waals surface area contributed by atoms with Crippen molar-refractivity contribution in [1.29, 1.82) is 5.26 Å². The first-order valence-electron chi connectivity index (χ1n) is 14.9. The van der Waals surface area contributed by atoms with Crippen LogP contribution >= 0.6 is 0 Å². The lowest BCUT2D eigenvalue weighted by atomic mass is 10.0. The Bertz CT molecular complexity index is 1370. The summed E-state index contributed by atoms with van der Waals surface area (Å²) in [4.78, 5) is 27.7. The van der Waals surface area contributed by atoms with Gasteiger partial charge in [0.2, 0.25) is 0 Å². The summed E-state index contributed by atoms with van der Waals surface area (Å²) >= 11 is 0. The van der Waals surface area contributed by atoms with E-state index < -0.39 is 10.1 Å². The Labute approximate surface area is 261 Å². The van der Waals surface area contributed by atoms with E-state index in [-0.39, 0.29) is 38.2 Å². The van der Waals surface area contributed by atoms with Crippen LogP contribution in [0.4, 0.5) is 9.59 Å². The zero-order valence-corrected chi connectivity index (χ0v) is 25.2. The Morgan fingerprint density at radius 3 is 1.50 bits per heavy atom. The van der Waals surface area contributed by atoms with E-state index >= 15 is 0 Å². The van der Waals surface area contributed by atoms with Gasteiger partial charge in [-0.1, -0.05) is 68.1 Å². The summed E-state index contributed by atoms with van der Waals surface area (Å²) in [6, 6.07) is 21.6. The van der Waals surface area contributed by atoms with Gasteiger partial charge in [-0.25, -0.2) is 9.59 Å². The largest absolute Gasteiger partial charge is 0.445 e. The fraction of sp³-hybridized carbons (Fsp3) is 0.545. The lowest BCUT2D eigenvalue weighted by Gasteiger charge is -2.18. The molecule has 2 aromatic rings. The molecular formula is C33H43N3O7S. The molecule has 0 aromatic heterocycles. The van der Waals surface area contributed by atoms with Crippen molar-refractivity contribution in [2.75, 3.05) is 32.4 Å². The van der Waals surface area contributed by atoms with Gasteiger partial charge in [0.1, 0.15) is 13.2 Å². The Kier molecular flexibility index (Phi) is 11.3. The number of carbonyl (C=O) groups is 2. The highest BCUT2D eigenvalue weighted by molar-refractivity contribution is 7.86. The number of hydrogen-bond donors (Lipinski definition) is 0. The minimum Gasteiger partial charge on any atom is -0.445 e. The van der Waals surface area contributed by atoms with Crippen LogP contribution in [0.15, 0.2) is 60.7 Å². The second-order valence-electron chi connectivity index (χ2n) is 12.1. The molecule has 6 atom stereocenters. The van der Waals surface area contributed by atoms with Crippen molar-refractivity contribution in [3.8, 4) is 6.07 Å². The number of likely N-dealkylation sites (tertiary alicyclic amines) is 2. The first-order valence-corrected chi connectivity index (χ1v) is 16.7. The maximum Gasteiger partial charge on any atom is 0.410 e. The molecule has 2 saturated carbocycles. The minimum absolute atomic E-state index is 0. The second kappa shape index (κ2) is 14.9. The molecule has 10 nitrogen and oxygen atoms in total. The molecule has 2 saturated heterocycles.